The lowest BCUT2D eigenvalue weighted by Crippen LogP contribution is -2.25. The average molecular weight is 1040 g/mol. The van der Waals surface area contributed by atoms with Gasteiger partial charge in [-0.25, -0.2) is 29.6 Å². The summed E-state index contributed by atoms with van der Waals surface area (Å²) in [5, 5.41) is 26.8. The third-order valence-electron chi connectivity index (χ3n) is 4.83. The van der Waals surface area contributed by atoms with Crippen molar-refractivity contribution in [2.45, 2.75) is 6.92 Å². The van der Waals surface area contributed by atoms with Gasteiger partial charge in [-0.05, 0) is 139 Å². The lowest BCUT2D eigenvalue weighted by atomic mass is 10.2. The van der Waals surface area contributed by atoms with Gasteiger partial charge in [0.2, 0.25) is 0 Å². The molecule has 0 aromatic carbocycles. The molecule has 4 aromatic heterocycles. The topological polar surface area (TPSA) is 213 Å². The fourth-order valence-electron chi connectivity index (χ4n) is 2.76. The summed E-state index contributed by atoms with van der Waals surface area (Å²) in [7, 11) is 2.98. The molecule has 0 aliphatic carbocycles. The van der Waals surface area contributed by atoms with Gasteiger partial charge in [0.05, 0.1) is 18.2 Å². The van der Waals surface area contributed by atoms with E-state index in [1.165, 1.54) is 26.2 Å². The average Bonchev–Trinajstić information content (AvgIpc) is 2.95. The third kappa shape index (κ3) is 16.2. The second kappa shape index (κ2) is 20.5. The molecule has 0 spiro atoms. The first-order valence-electron chi connectivity index (χ1n) is 12.0. The molecule has 0 unspecified atom stereocenters. The molecule has 0 aliphatic rings. The van der Waals surface area contributed by atoms with E-state index in [0.717, 1.165) is 17.2 Å². The molecule has 0 fully saturated rings. The molecule has 14 nitrogen and oxygen atoms in total. The Hall–Kier alpha value is -2.88. The maximum atomic E-state index is 11.6. The minimum absolute atomic E-state index is 0.0359. The molecule has 0 bridgehead atoms. The highest BCUT2D eigenvalue weighted by atomic mass is 79.9. The second-order valence-electron chi connectivity index (χ2n) is 8.27. The largest absolute Gasteiger partial charge is 0.494 e. The summed E-state index contributed by atoms with van der Waals surface area (Å²) in [6.07, 6.45) is 0. The van der Waals surface area contributed by atoms with Crippen LogP contribution in [0.5, 0.6) is 5.88 Å². The number of halogens is 6. The summed E-state index contributed by atoms with van der Waals surface area (Å²) in [6, 6.07) is 11.4. The van der Waals surface area contributed by atoms with E-state index in [2.05, 4.69) is 111 Å². The van der Waals surface area contributed by atoms with Crippen LogP contribution in [0.25, 0.3) is 0 Å². The van der Waals surface area contributed by atoms with Crippen molar-refractivity contribution in [1.29, 1.82) is 0 Å². The van der Waals surface area contributed by atoms with Crippen LogP contribution >= 0.6 is 95.6 Å². The highest BCUT2D eigenvalue weighted by Gasteiger charge is 2.13. The number of Topliss-reactive ketones (excluding diaryl/α,β-unsaturated/α-hetero) is 1. The zero-order valence-electron chi connectivity index (χ0n) is 24.0. The number of H-pyrrole nitrogens is 1. The highest BCUT2D eigenvalue weighted by molar-refractivity contribution is 9.11. The van der Waals surface area contributed by atoms with Crippen LogP contribution in [0, 0.1) is 0 Å². The number of carboxylic acids is 2. The minimum atomic E-state index is -1.24. The first-order chi connectivity index (χ1) is 21.8. The van der Waals surface area contributed by atoms with Crippen LogP contribution in [0.1, 0.15) is 48.4 Å². The number of amides is 1. The van der Waals surface area contributed by atoms with Crippen molar-refractivity contribution in [3.8, 4) is 5.88 Å². The molecule has 0 atom stereocenters. The molecule has 4 heterocycles. The number of aromatic nitrogens is 4. The van der Waals surface area contributed by atoms with Crippen LogP contribution in [-0.4, -0.2) is 78.1 Å². The lowest BCUT2D eigenvalue weighted by Gasteiger charge is -2.13. The predicted molar refractivity (Wildman–Crippen MR) is 191 cm³/mol. The molecule has 0 saturated heterocycles. The molecule has 4 rings (SSSR count). The Morgan fingerprint density at radius 2 is 1.00 bits per heavy atom. The van der Waals surface area contributed by atoms with Crippen LogP contribution in [0.3, 0.4) is 0 Å². The van der Waals surface area contributed by atoms with Gasteiger partial charge in [0.25, 0.3) is 11.5 Å². The highest BCUT2D eigenvalue weighted by Crippen LogP contribution is 2.18. The molecule has 0 aliphatic heterocycles. The Kier molecular flexibility index (Phi) is 18.4. The van der Waals surface area contributed by atoms with Crippen molar-refractivity contribution in [3.05, 3.63) is 109 Å². The number of hydrogen-bond acceptors (Lipinski definition) is 10. The van der Waals surface area contributed by atoms with Crippen molar-refractivity contribution >= 4 is 119 Å². The smallest absolute Gasteiger partial charge is 0.336 e. The van der Waals surface area contributed by atoms with Crippen molar-refractivity contribution in [2.75, 3.05) is 14.2 Å². The number of carboxylic acid groups (broad SMARTS) is 2. The molecule has 47 heavy (non-hydrogen) atoms. The van der Waals surface area contributed by atoms with Gasteiger partial charge in [0.1, 0.15) is 27.6 Å². The molecular weight excluding hydrogens is 1020 g/mol. The first-order valence-corrected chi connectivity index (χ1v) is 16.8. The number of aromatic amines is 1. The van der Waals surface area contributed by atoms with E-state index >= 15 is 0 Å². The predicted octanol–water partition coefficient (Wildman–Crippen LogP) is 7.13. The fourth-order valence-corrected chi connectivity index (χ4v) is 6.10. The maximum Gasteiger partial charge on any atom is 0.336 e. The number of hydroxylamine groups is 2. The van der Waals surface area contributed by atoms with Gasteiger partial charge < -0.3 is 15.3 Å². The summed E-state index contributed by atoms with van der Waals surface area (Å²) in [5.74, 6) is -2.85. The van der Waals surface area contributed by atoms with Gasteiger partial charge in [-0.1, -0.05) is 0 Å². The van der Waals surface area contributed by atoms with E-state index in [4.69, 9.17) is 20.2 Å². The molecule has 250 valence electrons. The summed E-state index contributed by atoms with van der Waals surface area (Å²) in [4.78, 5) is 72.4. The fraction of sp³-hybridized carbons (Fsp3) is 0.111. The SMILES string of the molecule is CC(=O)c1cc(Br)nc(Br)c1.CON(C)C(=O)c1cc(Br)nc(Br)c1.O=C(O)c1cc(Br)nc(Br)c1.O=C(O)c1cc(O)[nH]c(=O)c1. The Morgan fingerprint density at radius 3 is 1.32 bits per heavy atom. The van der Waals surface area contributed by atoms with Crippen LogP contribution in [0.2, 0.25) is 0 Å². The van der Waals surface area contributed by atoms with Crippen LogP contribution in [-0.2, 0) is 4.84 Å². The molecular formula is C27H21Br6N5O9. The number of pyridine rings is 4. The molecule has 4 N–H and O–H groups in total. The maximum absolute atomic E-state index is 11.6. The number of nitrogens with one attached hydrogen (secondary N) is 1. The number of aromatic carboxylic acids is 2. The first kappa shape index (κ1) is 42.1. The number of aromatic hydroxyl groups is 1. The molecule has 0 radical (unpaired) electrons. The van der Waals surface area contributed by atoms with Crippen LogP contribution in [0.15, 0.2) is 80.9 Å². The van der Waals surface area contributed by atoms with Crippen molar-refractivity contribution < 1.29 is 39.3 Å². The minimum Gasteiger partial charge on any atom is -0.494 e. The normalized spacial score (nSPS) is 9.72. The zero-order valence-corrected chi connectivity index (χ0v) is 33.5. The van der Waals surface area contributed by atoms with E-state index in [-0.39, 0.29) is 22.8 Å². The van der Waals surface area contributed by atoms with E-state index in [1.54, 1.807) is 31.3 Å². The molecule has 20 heteroatoms. The third-order valence-corrected chi connectivity index (χ3v) is 7.26. The van der Waals surface area contributed by atoms with Gasteiger partial charge in [-0.15, -0.1) is 0 Å². The van der Waals surface area contributed by atoms with Crippen molar-refractivity contribution in [1.82, 2.24) is 25.0 Å². The van der Waals surface area contributed by atoms with E-state index in [9.17, 15) is 24.0 Å². The molecule has 0 saturated carbocycles. The van der Waals surface area contributed by atoms with Gasteiger partial charge in [-0.3, -0.25) is 24.2 Å². The Morgan fingerprint density at radius 1 is 0.660 bits per heavy atom. The summed E-state index contributed by atoms with van der Waals surface area (Å²) in [5.41, 5.74) is 0.495. The van der Waals surface area contributed by atoms with Crippen LogP contribution in [0.4, 0.5) is 0 Å². The number of ketones is 1. The number of carbonyl (C=O) groups excluding carboxylic acids is 2. The zero-order chi connectivity index (χ0) is 36.0. The van der Waals surface area contributed by atoms with Crippen LogP contribution < -0.4 is 5.56 Å². The Bertz CT molecular complexity index is 1700. The number of hydrogen-bond donors (Lipinski definition) is 4. The van der Waals surface area contributed by atoms with Gasteiger partial charge in [-0.2, -0.15) is 0 Å². The number of carbonyl (C=O) groups is 4. The lowest BCUT2D eigenvalue weighted by molar-refractivity contribution is -0.0757. The van der Waals surface area contributed by atoms with E-state index in [1.807, 2.05) is 4.98 Å². The molecule has 4 aromatic rings. The monoisotopic (exact) mass is 1030 g/mol. The van der Waals surface area contributed by atoms with Gasteiger partial charge in [0.15, 0.2) is 11.7 Å². The standard InChI is InChI=1S/C8H8Br2N2O2.C7H5Br2NO.C6H3Br2NO2.C6H5NO4/c1-12(14-2)8(13)5-3-6(9)11-7(10)4-5;1-4(11)5-2-6(8)10-7(9)3-5;7-4-1-3(6(10)11)2-5(8)9-4;8-4-1-3(6(10)11)2-5(9)7-4/h3-4H,1-2H3;2-3H,1H3;1-2H,(H,10,11);1-2H,(H,10,11)(H2,7,8,9). The second-order valence-corrected chi connectivity index (χ2v) is 13.1. The number of nitrogens with zero attached hydrogens (tertiary/aromatic N) is 4. The van der Waals surface area contributed by atoms with Gasteiger partial charge in [0, 0.05) is 30.3 Å². The van der Waals surface area contributed by atoms with E-state index < -0.39 is 23.4 Å². The summed E-state index contributed by atoms with van der Waals surface area (Å²) in [6.45, 7) is 1.52. The molecule has 1 amide bonds. The van der Waals surface area contributed by atoms with Gasteiger partial charge >= 0.3 is 11.9 Å². The summed E-state index contributed by atoms with van der Waals surface area (Å²) < 4.78 is 3.53. The quantitative estimate of drug-likeness (QED) is 0.0893. The Balaban J connectivity index is 0.000000315. The summed E-state index contributed by atoms with van der Waals surface area (Å²) >= 11 is 18.9. The van der Waals surface area contributed by atoms with Crippen molar-refractivity contribution in [2.24, 2.45) is 0 Å². The van der Waals surface area contributed by atoms with Crippen molar-refractivity contribution in [3.63, 3.8) is 0 Å². The van der Waals surface area contributed by atoms with E-state index in [0.29, 0.717) is 38.7 Å². The number of rotatable bonds is 5. The Labute approximate surface area is 316 Å².